The van der Waals surface area contributed by atoms with Gasteiger partial charge in [-0.15, -0.1) is 0 Å². The van der Waals surface area contributed by atoms with Crippen molar-refractivity contribution in [3.05, 3.63) is 0 Å². The third kappa shape index (κ3) is 35.3. The Morgan fingerprint density at radius 2 is 1.60 bits per heavy atom. The van der Waals surface area contributed by atoms with Crippen LogP contribution in [0.4, 0.5) is 0 Å². The zero-order valence-electron chi connectivity index (χ0n) is 3.72. The first-order chi connectivity index (χ1) is 1.73. The molecule has 0 aliphatic heterocycles. The minimum atomic E-state index is -2.61. The van der Waals surface area contributed by atoms with E-state index in [0.717, 1.165) is 0 Å². The van der Waals surface area contributed by atoms with Crippen LogP contribution >= 0.6 is 0 Å². The van der Waals surface area contributed by atoms with Crippen LogP contribution in [0.5, 0.6) is 0 Å². The molecule has 0 heterocycles. The molecule has 26 valence electrons. The minimum absolute atomic E-state index is 0. The van der Waals surface area contributed by atoms with Gasteiger partial charge in [-0.3, -0.25) is 0 Å². The van der Waals surface area contributed by atoms with Crippen molar-refractivity contribution in [2.75, 3.05) is 0 Å². The van der Waals surface area contributed by atoms with Gasteiger partial charge in [0.25, 0.3) is 0 Å². The van der Waals surface area contributed by atoms with Gasteiger partial charge in [0.15, 0.2) is 0 Å². The Morgan fingerprint density at radius 3 is 1.60 bits per heavy atom. The van der Waals surface area contributed by atoms with Crippen LogP contribution in [0.3, 0.4) is 0 Å². The fourth-order valence-electron chi connectivity index (χ4n) is 0. The summed E-state index contributed by atoms with van der Waals surface area (Å²) in [6.45, 7) is 0. The van der Waals surface area contributed by atoms with Crippen molar-refractivity contribution >= 4 is 10.5 Å². The summed E-state index contributed by atoms with van der Waals surface area (Å²) in [5, 5.41) is 0. The van der Waals surface area contributed by atoms with Crippen molar-refractivity contribution in [1.82, 2.24) is 0 Å². The molecule has 0 aliphatic rings. The van der Waals surface area contributed by atoms with Crippen molar-refractivity contribution < 1.29 is 61.2 Å². The summed E-state index contributed by atoms with van der Waals surface area (Å²) < 4.78 is 22.8. The molecule has 0 spiro atoms. The monoisotopic (exact) mass is 119 g/mol. The SMILES string of the molecule is N=S(=O)=O.[H-].[K+]. The minimum Gasteiger partial charge on any atom is -1.00 e. The van der Waals surface area contributed by atoms with E-state index in [0.29, 0.717) is 0 Å². The van der Waals surface area contributed by atoms with Gasteiger partial charge >= 0.3 is 61.9 Å². The van der Waals surface area contributed by atoms with E-state index < -0.39 is 10.5 Å². The number of hydrogen-bond donors (Lipinski definition) is 1. The maximum atomic E-state index is 8.67. The van der Waals surface area contributed by atoms with Crippen LogP contribution < -0.4 is 51.4 Å². The van der Waals surface area contributed by atoms with E-state index >= 15 is 0 Å². The Morgan fingerprint density at radius 1 is 1.60 bits per heavy atom. The van der Waals surface area contributed by atoms with Gasteiger partial charge in [0.1, 0.15) is 0 Å². The normalized spacial score (nSPS) is 4.80. The molecule has 0 aliphatic carbocycles. The molecule has 0 rings (SSSR count). The first-order valence-corrected chi connectivity index (χ1v) is 1.61. The van der Waals surface area contributed by atoms with Gasteiger partial charge in [-0.1, -0.05) is 0 Å². The Balaban J connectivity index is -0.0000000450. The molecule has 0 amide bonds. The van der Waals surface area contributed by atoms with Crippen molar-refractivity contribution in [3.8, 4) is 0 Å². The van der Waals surface area contributed by atoms with Crippen molar-refractivity contribution in [1.29, 1.82) is 4.78 Å². The third-order valence-corrected chi connectivity index (χ3v) is 0. The molecule has 1 N–H and O–H groups in total. The smallest absolute Gasteiger partial charge is 1.00 e. The molecule has 0 saturated heterocycles. The molecule has 0 aromatic rings. The van der Waals surface area contributed by atoms with Crippen molar-refractivity contribution in [3.63, 3.8) is 0 Å². The Labute approximate surface area is 75.2 Å². The summed E-state index contributed by atoms with van der Waals surface area (Å²) in [4.78, 5) is 0. The van der Waals surface area contributed by atoms with Gasteiger partial charge in [-0.05, 0) is 0 Å². The first kappa shape index (κ1) is 9.54. The fourth-order valence-corrected chi connectivity index (χ4v) is 0. The summed E-state index contributed by atoms with van der Waals surface area (Å²) in [5.41, 5.74) is 0. The van der Waals surface area contributed by atoms with E-state index in [2.05, 4.69) is 0 Å². The van der Waals surface area contributed by atoms with E-state index in [1.807, 2.05) is 0 Å². The molecular formula is H2KNO2S. The Bertz CT molecular complexity index is 82.9. The molecule has 0 unspecified atom stereocenters. The zero-order valence-corrected chi connectivity index (χ0v) is 6.66. The van der Waals surface area contributed by atoms with E-state index in [1.54, 1.807) is 0 Å². The summed E-state index contributed by atoms with van der Waals surface area (Å²) >= 11 is 0. The third-order valence-electron chi connectivity index (χ3n) is 0. The van der Waals surface area contributed by atoms with Crippen LogP contribution in [0.25, 0.3) is 0 Å². The Hall–Kier alpha value is 1.26. The van der Waals surface area contributed by atoms with Gasteiger partial charge < -0.3 is 1.43 Å². The van der Waals surface area contributed by atoms with Crippen molar-refractivity contribution in [2.45, 2.75) is 0 Å². The summed E-state index contributed by atoms with van der Waals surface area (Å²) in [5.74, 6) is 0. The topological polar surface area (TPSA) is 58.0 Å². The molecule has 0 saturated carbocycles. The van der Waals surface area contributed by atoms with Gasteiger partial charge in [-0.2, -0.15) is 13.2 Å². The van der Waals surface area contributed by atoms with Crippen LogP contribution in [0, 0.1) is 4.78 Å². The van der Waals surface area contributed by atoms with E-state index in [1.165, 1.54) is 0 Å². The number of hydrogen-bond acceptors (Lipinski definition) is 3. The largest absolute Gasteiger partial charge is 1.00 e. The van der Waals surface area contributed by atoms with Crippen LogP contribution in [0.15, 0.2) is 0 Å². The van der Waals surface area contributed by atoms with Gasteiger partial charge in [-0.25, -0.2) is 0 Å². The van der Waals surface area contributed by atoms with E-state index in [4.69, 9.17) is 13.2 Å². The molecule has 3 nitrogen and oxygen atoms in total. The predicted molar refractivity (Wildman–Crippen MR) is 12.8 cm³/mol. The fraction of sp³-hybridized carbons (Fsp3) is 0. The second-order valence-electron chi connectivity index (χ2n) is 0.235. The van der Waals surface area contributed by atoms with Crippen molar-refractivity contribution in [2.24, 2.45) is 0 Å². The molecule has 0 bridgehead atoms. The van der Waals surface area contributed by atoms with Crippen LogP contribution in [0.2, 0.25) is 0 Å². The molecular weight excluding hydrogens is 117 g/mol. The quantitative estimate of drug-likeness (QED) is 0.340. The number of rotatable bonds is 0. The first-order valence-electron chi connectivity index (χ1n) is 0.537. The van der Waals surface area contributed by atoms with Gasteiger partial charge in [0.05, 0.1) is 0 Å². The summed E-state index contributed by atoms with van der Waals surface area (Å²) in [6.07, 6.45) is 0. The van der Waals surface area contributed by atoms with Crippen LogP contribution in [0.1, 0.15) is 1.43 Å². The van der Waals surface area contributed by atoms with Crippen LogP contribution in [-0.2, 0) is 10.5 Å². The zero-order chi connectivity index (χ0) is 3.58. The summed E-state index contributed by atoms with van der Waals surface area (Å²) in [7, 11) is -2.61. The molecule has 5 heteroatoms. The van der Waals surface area contributed by atoms with E-state index in [9.17, 15) is 0 Å². The molecule has 0 aromatic carbocycles. The van der Waals surface area contributed by atoms with Gasteiger partial charge in [0.2, 0.25) is 0 Å². The summed E-state index contributed by atoms with van der Waals surface area (Å²) in [6, 6.07) is 0. The number of nitrogens with one attached hydrogen (secondary N) is 1. The Kier molecular flexibility index (Phi) is 10.0. The molecule has 5 heavy (non-hydrogen) atoms. The molecule has 0 aromatic heterocycles. The second kappa shape index (κ2) is 5.26. The average molecular weight is 119 g/mol. The maximum Gasteiger partial charge on any atom is 1.00 e. The molecule has 0 atom stereocenters. The molecule has 0 radical (unpaired) electrons. The van der Waals surface area contributed by atoms with Crippen LogP contribution in [-0.4, -0.2) is 8.42 Å². The standard InChI is InChI=1S/K.HNO2S.H/c;1-4(2)3;/h;1H;/q+1;;-1. The maximum absolute atomic E-state index is 8.67. The van der Waals surface area contributed by atoms with E-state index in [-0.39, 0.29) is 52.8 Å². The predicted octanol–water partition coefficient (Wildman–Crippen LogP) is -3.26. The second-order valence-corrected chi connectivity index (χ2v) is 0.704. The average Bonchev–Trinajstić information content (AvgIpc) is 0.811. The molecule has 0 fully saturated rings. The van der Waals surface area contributed by atoms with Gasteiger partial charge in [0, 0.05) is 0 Å².